The van der Waals surface area contributed by atoms with Gasteiger partial charge in [-0.3, -0.25) is 4.72 Å². The zero-order valence-corrected chi connectivity index (χ0v) is 21.3. The van der Waals surface area contributed by atoms with Crippen molar-refractivity contribution in [1.29, 1.82) is 5.26 Å². The third-order valence-corrected chi connectivity index (χ3v) is 5.99. The molecule has 7 nitrogen and oxygen atoms in total. The molecule has 0 radical (unpaired) electrons. The molecule has 0 fully saturated rings. The summed E-state index contributed by atoms with van der Waals surface area (Å²) in [5.41, 5.74) is 2.11. The van der Waals surface area contributed by atoms with Gasteiger partial charge in [-0.1, -0.05) is 43.5 Å². The van der Waals surface area contributed by atoms with Gasteiger partial charge >= 0.3 is 0 Å². The third-order valence-electron chi connectivity index (χ3n) is 5.17. The van der Waals surface area contributed by atoms with Gasteiger partial charge in [0.15, 0.2) is 17.2 Å². The Balaban J connectivity index is 1.88. The summed E-state index contributed by atoms with van der Waals surface area (Å²) in [7, 11) is 0. The fourth-order valence-electron chi connectivity index (χ4n) is 3.28. The first-order chi connectivity index (χ1) is 16.3. The van der Waals surface area contributed by atoms with E-state index in [4.69, 9.17) is 32.7 Å². The number of phenols is 1. The average Bonchev–Trinajstić information content (AvgIpc) is 2.82. The number of nitriles is 1. The lowest BCUT2D eigenvalue weighted by atomic mass is 9.77. The van der Waals surface area contributed by atoms with E-state index in [0.29, 0.717) is 33.7 Å². The van der Waals surface area contributed by atoms with Crippen molar-refractivity contribution in [3.63, 3.8) is 0 Å². The Hall–Kier alpha value is -2.86. The molecule has 2 aromatic carbocycles. The normalized spacial score (nSPS) is 11.1. The summed E-state index contributed by atoms with van der Waals surface area (Å²) < 4.78 is 14.4. The molecular weight excluding hydrogens is 495 g/mol. The van der Waals surface area contributed by atoms with E-state index in [2.05, 4.69) is 20.8 Å². The van der Waals surface area contributed by atoms with Crippen LogP contribution in [-0.2, 0) is 12.0 Å². The maximum Gasteiger partial charge on any atom is 0.233 e. The van der Waals surface area contributed by atoms with Gasteiger partial charge in [-0.25, -0.2) is 9.97 Å². The van der Waals surface area contributed by atoms with Crippen molar-refractivity contribution in [2.24, 2.45) is 0 Å². The number of phenolic OH excluding ortho intramolecular Hbond substituents is 1. The van der Waals surface area contributed by atoms with Crippen molar-refractivity contribution in [3.8, 4) is 23.3 Å². The molecule has 0 atom stereocenters. The van der Waals surface area contributed by atoms with Crippen molar-refractivity contribution in [1.82, 2.24) is 9.97 Å². The minimum Gasteiger partial charge on any atom is -0.504 e. The van der Waals surface area contributed by atoms with Gasteiger partial charge in [0, 0.05) is 17.9 Å². The van der Waals surface area contributed by atoms with Crippen molar-refractivity contribution in [2.75, 3.05) is 23.5 Å². The average molecular weight is 519 g/mol. The molecule has 3 rings (SSSR count). The second-order valence-corrected chi connectivity index (χ2v) is 9.16. The molecule has 1 aromatic heterocycles. The Morgan fingerprint density at radius 2 is 1.97 bits per heavy atom. The molecule has 2 N–H and O–H groups in total. The maximum absolute atomic E-state index is 10.4. The lowest BCUT2D eigenvalue weighted by molar-refractivity contribution is 0.284. The van der Waals surface area contributed by atoms with Crippen LogP contribution in [0.2, 0.25) is 5.02 Å². The summed E-state index contributed by atoms with van der Waals surface area (Å²) in [6.07, 6.45) is 3.52. The molecule has 1 heterocycles. The lowest BCUT2D eigenvalue weighted by Crippen LogP contribution is -2.19. The largest absolute Gasteiger partial charge is 0.504 e. The Morgan fingerprint density at radius 3 is 2.68 bits per heavy atom. The molecule has 0 aliphatic heterocycles. The molecule has 10 heteroatoms. The Kier molecular flexibility index (Phi) is 8.72. The highest BCUT2D eigenvalue weighted by atomic mass is 35.5. The van der Waals surface area contributed by atoms with Gasteiger partial charge in [0.25, 0.3) is 0 Å². The van der Waals surface area contributed by atoms with E-state index in [0.717, 1.165) is 11.1 Å². The van der Waals surface area contributed by atoms with Crippen molar-refractivity contribution in [3.05, 3.63) is 70.0 Å². The van der Waals surface area contributed by atoms with Gasteiger partial charge in [-0.15, -0.1) is 11.6 Å². The standard InChI is InChI=1S/C24H24Cl2N4O3S/c1-24(2,17-10-15(13-27)22(19(26)11-17)32-9-7-25)16-4-5-20(31)21(12-16)33-14-18-6-8-28-23(29-18)30-34-3/h4-6,8,10-12,31H,7,9,14H2,1-3H3,(H,28,29,30). The molecule has 34 heavy (non-hydrogen) atoms. The van der Waals surface area contributed by atoms with Crippen LogP contribution in [0.25, 0.3) is 0 Å². The molecule has 0 unspecified atom stereocenters. The maximum atomic E-state index is 10.4. The summed E-state index contributed by atoms with van der Waals surface area (Å²) in [4.78, 5) is 8.50. The summed E-state index contributed by atoms with van der Waals surface area (Å²) in [5.74, 6) is 1.42. The third kappa shape index (κ3) is 5.98. The van der Waals surface area contributed by atoms with E-state index >= 15 is 0 Å². The van der Waals surface area contributed by atoms with Gasteiger partial charge in [0.1, 0.15) is 19.3 Å². The minimum absolute atomic E-state index is 0.0108. The van der Waals surface area contributed by atoms with Crippen molar-refractivity contribution < 1.29 is 14.6 Å². The summed E-state index contributed by atoms with van der Waals surface area (Å²) in [6, 6.07) is 12.6. The van der Waals surface area contributed by atoms with Crippen LogP contribution in [0, 0.1) is 11.3 Å². The number of halogens is 2. The quantitative estimate of drug-likeness (QED) is 0.252. The zero-order valence-electron chi connectivity index (χ0n) is 18.9. The number of aromatic hydroxyl groups is 1. The highest BCUT2D eigenvalue weighted by Crippen LogP contribution is 2.40. The number of rotatable bonds is 10. The van der Waals surface area contributed by atoms with Gasteiger partial charge in [-0.05, 0) is 41.5 Å². The summed E-state index contributed by atoms with van der Waals surface area (Å²) >= 11 is 13.5. The number of alkyl halides is 1. The second-order valence-electron chi connectivity index (χ2n) is 7.76. The van der Waals surface area contributed by atoms with Crippen molar-refractivity contribution >= 4 is 41.1 Å². The molecule has 0 amide bonds. The predicted octanol–water partition coefficient (Wildman–Crippen LogP) is 5.92. The fourth-order valence-corrected chi connectivity index (χ4v) is 3.91. The molecule has 0 aliphatic carbocycles. The Labute approximate surface area is 213 Å². The van der Waals surface area contributed by atoms with Crippen molar-refractivity contribution in [2.45, 2.75) is 25.9 Å². The fraction of sp³-hybridized carbons (Fsp3) is 0.292. The number of anilines is 1. The lowest BCUT2D eigenvalue weighted by Gasteiger charge is -2.28. The van der Waals surface area contributed by atoms with Crippen LogP contribution in [0.15, 0.2) is 42.6 Å². The van der Waals surface area contributed by atoms with Crippen LogP contribution in [0.5, 0.6) is 17.2 Å². The monoisotopic (exact) mass is 518 g/mol. The van der Waals surface area contributed by atoms with Gasteiger partial charge < -0.3 is 14.6 Å². The second kappa shape index (κ2) is 11.5. The smallest absolute Gasteiger partial charge is 0.233 e. The number of hydrogen-bond donors (Lipinski definition) is 2. The molecule has 0 spiro atoms. The first kappa shape index (κ1) is 25.8. The first-order valence-electron chi connectivity index (χ1n) is 10.3. The summed E-state index contributed by atoms with van der Waals surface area (Å²) in [5, 5.41) is 20.3. The molecule has 178 valence electrons. The highest BCUT2D eigenvalue weighted by molar-refractivity contribution is 7.99. The van der Waals surface area contributed by atoms with E-state index in [1.807, 2.05) is 26.2 Å². The molecular formula is C24H24Cl2N4O3S. The molecule has 0 saturated carbocycles. The highest BCUT2D eigenvalue weighted by Gasteiger charge is 2.27. The number of ether oxygens (including phenoxy) is 2. The van der Waals surface area contributed by atoms with Crippen LogP contribution in [0.3, 0.4) is 0 Å². The Bertz CT molecular complexity index is 1200. The van der Waals surface area contributed by atoms with Crippen LogP contribution in [0.1, 0.15) is 36.2 Å². The van der Waals surface area contributed by atoms with E-state index in [1.54, 1.807) is 36.5 Å². The Morgan fingerprint density at radius 1 is 1.18 bits per heavy atom. The summed E-state index contributed by atoms with van der Waals surface area (Å²) in [6.45, 7) is 4.40. The van der Waals surface area contributed by atoms with E-state index in [-0.39, 0.29) is 24.8 Å². The topological polar surface area (TPSA) is 100 Å². The van der Waals surface area contributed by atoms with Gasteiger partial charge in [0.05, 0.1) is 22.2 Å². The molecule has 0 saturated heterocycles. The molecule has 0 aliphatic rings. The van der Waals surface area contributed by atoms with E-state index in [1.165, 1.54) is 11.9 Å². The molecule has 3 aromatic rings. The SMILES string of the molecule is CSNc1nccc(COc2cc(C(C)(C)c3cc(Cl)c(OCCCl)c(C#N)c3)ccc2O)n1. The minimum atomic E-state index is -0.559. The number of nitrogens with one attached hydrogen (secondary N) is 1. The number of hydrogen-bond acceptors (Lipinski definition) is 8. The zero-order chi connectivity index (χ0) is 24.7. The van der Waals surface area contributed by atoms with Crippen LogP contribution in [-0.4, -0.2) is 33.8 Å². The van der Waals surface area contributed by atoms with Gasteiger partial charge in [0.2, 0.25) is 5.95 Å². The molecule has 0 bridgehead atoms. The van der Waals surface area contributed by atoms with Crippen LogP contribution >= 0.6 is 35.1 Å². The predicted molar refractivity (Wildman–Crippen MR) is 136 cm³/mol. The number of nitrogens with zero attached hydrogens (tertiary/aromatic N) is 3. The van der Waals surface area contributed by atoms with Crippen LogP contribution < -0.4 is 14.2 Å². The first-order valence-corrected chi connectivity index (χ1v) is 12.4. The van der Waals surface area contributed by atoms with E-state index < -0.39 is 5.41 Å². The van der Waals surface area contributed by atoms with E-state index in [9.17, 15) is 10.4 Å². The van der Waals surface area contributed by atoms with Gasteiger partial charge in [-0.2, -0.15) is 5.26 Å². The number of benzene rings is 2. The number of aromatic nitrogens is 2. The van der Waals surface area contributed by atoms with Crippen LogP contribution in [0.4, 0.5) is 5.95 Å².